The van der Waals surface area contributed by atoms with E-state index < -0.39 is 11.6 Å². The first-order valence-corrected chi connectivity index (χ1v) is 11.9. The molecular weight excluding hydrogens is 474 g/mol. The van der Waals surface area contributed by atoms with Crippen LogP contribution in [0.4, 0.5) is 14.6 Å². The largest absolute Gasteiger partial charge is 0.489 e. The SMILES string of the molecule is Nc1ncc(-c2ccc(C(=O)NCCN3CCCC3)cc2)cc1OCCc1c(F)ccc(F)c1Cl. The minimum Gasteiger partial charge on any atom is -0.489 e. The van der Waals surface area contributed by atoms with Crippen molar-refractivity contribution in [1.29, 1.82) is 0 Å². The maximum absolute atomic E-state index is 14.0. The van der Waals surface area contributed by atoms with Crippen LogP contribution in [0.15, 0.2) is 48.7 Å². The van der Waals surface area contributed by atoms with Gasteiger partial charge in [-0.15, -0.1) is 0 Å². The van der Waals surface area contributed by atoms with Gasteiger partial charge in [0.25, 0.3) is 5.91 Å². The van der Waals surface area contributed by atoms with Gasteiger partial charge < -0.3 is 20.7 Å². The van der Waals surface area contributed by atoms with Crippen LogP contribution < -0.4 is 15.8 Å². The summed E-state index contributed by atoms with van der Waals surface area (Å²) in [5, 5.41) is 2.70. The zero-order chi connectivity index (χ0) is 24.8. The molecule has 4 rings (SSSR count). The fraction of sp³-hybridized carbons (Fsp3) is 0.308. The summed E-state index contributed by atoms with van der Waals surface area (Å²) in [6, 6.07) is 10.9. The van der Waals surface area contributed by atoms with Crippen LogP contribution in [0.2, 0.25) is 5.02 Å². The molecule has 1 aliphatic heterocycles. The molecular formula is C26H27ClF2N4O2. The summed E-state index contributed by atoms with van der Waals surface area (Å²) in [6.07, 6.45) is 4.12. The Hall–Kier alpha value is -3.23. The lowest BCUT2D eigenvalue weighted by Crippen LogP contribution is -2.33. The van der Waals surface area contributed by atoms with Crippen molar-refractivity contribution in [3.8, 4) is 16.9 Å². The molecule has 0 spiro atoms. The number of rotatable bonds is 9. The van der Waals surface area contributed by atoms with Crippen LogP contribution in [0, 0.1) is 11.6 Å². The number of halogens is 3. The molecule has 9 heteroatoms. The van der Waals surface area contributed by atoms with Gasteiger partial charge in [-0.05, 0) is 61.8 Å². The minimum atomic E-state index is -0.685. The highest BCUT2D eigenvalue weighted by Gasteiger charge is 2.14. The highest BCUT2D eigenvalue weighted by molar-refractivity contribution is 6.31. The van der Waals surface area contributed by atoms with E-state index in [-0.39, 0.29) is 35.3 Å². The van der Waals surface area contributed by atoms with E-state index in [2.05, 4.69) is 15.2 Å². The summed E-state index contributed by atoms with van der Waals surface area (Å²) in [5.74, 6) is -0.902. The van der Waals surface area contributed by atoms with Gasteiger partial charge >= 0.3 is 0 Å². The molecule has 35 heavy (non-hydrogen) atoms. The molecule has 6 nitrogen and oxygen atoms in total. The third-order valence-corrected chi connectivity index (χ3v) is 6.43. The van der Waals surface area contributed by atoms with Gasteiger partial charge in [0.05, 0.1) is 11.6 Å². The standard InChI is InChI=1S/C26H27ClF2N4O2/c27-24-20(21(28)7-8-22(24)29)9-14-35-23-15-19(16-32-25(23)30)17-3-5-18(6-4-17)26(34)31-10-13-33-11-1-2-12-33/h3-8,15-16H,1-2,9-14H2,(H2,30,32)(H,31,34). The average Bonchev–Trinajstić information content (AvgIpc) is 3.38. The van der Waals surface area contributed by atoms with Gasteiger partial charge in [0.15, 0.2) is 11.6 Å². The number of carbonyl (C=O) groups excluding carboxylic acids is 1. The molecule has 2 aromatic carbocycles. The highest BCUT2D eigenvalue weighted by atomic mass is 35.5. The van der Waals surface area contributed by atoms with Gasteiger partial charge in [0, 0.05) is 42.4 Å². The predicted octanol–water partition coefficient (Wildman–Crippen LogP) is 4.71. The maximum Gasteiger partial charge on any atom is 0.251 e. The molecule has 3 N–H and O–H groups in total. The number of carbonyl (C=O) groups is 1. The molecule has 0 radical (unpaired) electrons. The number of nitrogens with zero attached hydrogens (tertiary/aromatic N) is 2. The van der Waals surface area contributed by atoms with Crippen molar-refractivity contribution in [2.75, 3.05) is 38.5 Å². The molecule has 0 aliphatic carbocycles. The molecule has 1 aliphatic rings. The Morgan fingerprint density at radius 3 is 2.54 bits per heavy atom. The Kier molecular flexibility index (Phi) is 8.15. The van der Waals surface area contributed by atoms with Crippen molar-refractivity contribution in [3.05, 3.63) is 76.4 Å². The first kappa shape index (κ1) is 24.9. The first-order chi connectivity index (χ1) is 16.9. The van der Waals surface area contributed by atoms with E-state index >= 15 is 0 Å². The maximum atomic E-state index is 14.0. The number of anilines is 1. The number of hydrogen-bond donors (Lipinski definition) is 2. The molecule has 0 saturated carbocycles. The topological polar surface area (TPSA) is 80.5 Å². The third kappa shape index (κ3) is 6.26. The Morgan fingerprint density at radius 2 is 1.80 bits per heavy atom. The summed E-state index contributed by atoms with van der Waals surface area (Å²) in [6.45, 7) is 3.71. The molecule has 1 fully saturated rings. The quantitative estimate of drug-likeness (QED) is 0.416. The van der Waals surface area contributed by atoms with E-state index in [1.165, 1.54) is 12.8 Å². The lowest BCUT2D eigenvalue weighted by atomic mass is 10.0. The van der Waals surface area contributed by atoms with Crippen molar-refractivity contribution in [1.82, 2.24) is 15.2 Å². The molecule has 2 heterocycles. The second kappa shape index (κ2) is 11.5. The lowest BCUT2D eigenvalue weighted by molar-refractivity contribution is 0.0949. The van der Waals surface area contributed by atoms with Crippen molar-refractivity contribution in [2.45, 2.75) is 19.3 Å². The van der Waals surface area contributed by atoms with Crippen LogP contribution in [0.25, 0.3) is 11.1 Å². The fourth-order valence-corrected chi connectivity index (χ4v) is 4.29. The Balaban J connectivity index is 1.36. The monoisotopic (exact) mass is 500 g/mol. The number of nitrogen functional groups attached to an aromatic ring is 1. The summed E-state index contributed by atoms with van der Waals surface area (Å²) in [7, 11) is 0. The highest BCUT2D eigenvalue weighted by Crippen LogP contribution is 2.28. The average molecular weight is 501 g/mol. The second-order valence-electron chi connectivity index (χ2n) is 8.41. The van der Waals surface area contributed by atoms with E-state index in [0.29, 0.717) is 17.9 Å². The van der Waals surface area contributed by atoms with Crippen LogP contribution >= 0.6 is 11.6 Å². The fourth-order valence-electron chi connectivity index (χ4n) is 4.04. The number of amides is 1. The summed E-state index contributed by atoms with van der Waals surface area (Å²) in [5.41, 5.74) is 8.12. The van der Waals surface area contributed by atoms with Crippen LogP contribution in [-0.2, 0) is 6.42 Å². The van der Waals surface area contributed by atoms with Gasteiger partial charge in [-0.25, -0.2) is 13.8 Å². The van der Waals surface area contributed by atoms with Gasteiger partial charge in [-0.2, -0.15) is 0 Å². The van der Waals surface area contributed by atoms with Crippen molar-refractivity contribution in [3.63, 3.8) is 0 Å². The molecule has 184 valence electrons. The van der Waals surface area contributed by atoms with Crippen LogP contribution in [0.5, 0.6) is 5.75 Å². The van der Waals surface area contributed by atoms with E-state index in [0.717, 1.165) is 42.9 Å². The number of aromatic nitrogens is 1. The minimum absolute atomic E-state index is 0.0337. The number of pyridine rings is 1. The van der Waals surface area contributed by atoms with Gasteiger partial charge in [0.1, 0.15) is 11.6 Å². The number of benzene rings is 2. The summed E-state index contributed by atoms with van der Waals surface area (Å²) in [4.78, 5) is 19.0. The Labute approximate surface area is 208 Å². The molecule has 1 saturated heterocycles. The third-order valence-electron chi connectivity index (χ3n) is 6.02. The van der Waals surface area contributed by atoms with E-state index in [1.807, 2.05) is 12.1 Å². The van der Waals surface area contributed by atoms with E-state index in [1.54, 1.807) is 24.4 Å². The molecule has 0 bridgehead atoms. The van der Waals surface area contributed by atoms with E-state index in [9.17, 15) is 13.6 Å². The van der Waals surface area contributed by atoms with Crippen LogP contribution in [-0.4, -0.2) is 48.6 Å². The van der Waals surface area contributed by atoms with Crippen molar-refractivity contribution in [2.24, 2.45) is 0 Å². The van der Waals surface area contributed by atoms with Crippen LogP contribution in [0.3, 0.4) is 0 Å². The number of nitrogens with one attached hydrogen (secondary N) is 1. The summed E-state index contributed by atoms with van der Waals surface area (Å²) < 4.78 is 33.3. The summed E-state index contributed by atoms with van der Waals surface area (Å²) >= 11 is 5.87. The number of hydrogen-bond acceptors (Lipinski definition) is 5. The molecule has 1 amide bonds. The normalized spacial score (nSPS) is 13.7. The van der Waals surface area contributed by atoms with Crippen LogP contribution in [0.1, 0.15) is 28.8 Å². The van der Waals surface area contributed by atoms with Gasteiger partial charge in [-0.3, -0.25) is 4.79 Å². The molecule has 3 aromatic rings. The first-order valence-electron chi connectivity index (χ1n) is 11.5. The Bertz CT molecular complexity index is 1180. The second-order valence-corrected chi connectivity index (χ2v) is 8.79. The number of ether oxygens (including phenoxy) is 1. The zero-order valence-corrected chi connectivity index (χ0v) is 20.0. The number of likely N-dealkylation sites (tertiary alicyclic amines) is 1. The molecule has 0 unspecified atom stereocenters. The lowest BCUT2D eigenvalue weighted by Gasteiger charge is -2.14. The van der Waals surface area contributed by atoms with Gasteiger partial charge in [0.2, 0.25) is 0 Å². The van der Waals surface area contributed by atoms with E-state index in [4.69, 9.17) is 22.1 Å². The smallest absolute Gasteiger partial charge is 0.251 e. The van der Waals surface area contributed by atoms with Gasteiger partial charge in [-0.1, -0.05) is 23.7 Å². The number of nitrogens with two attached hydrogens (primary N) is 1. The zero-order valence-electron chi connectivity index (χ0n) is 19.2. The Morgan fingerprint density at radius 1 is 1.09 bits per heavy atom. The molecule has 1 aromatic heterocycles. The molecule has 0 atom stereocenters. The predicted molar refractivity (Wildman–Crippen MR) is 133 cm³/mol. The van der Waals surface area contributed by atoms with Crippen molar-refractivity contribution < 1.29 is 18.3 Å². The van der Waals surface area contributed by atoms with Crippen molar-refractivity contribution >= 4 is 23.3 Å².